The summed E-state index contributed by atoms with van der Waals surface area (Å²) >= 11 is 4.47. The summed E-state index contributed by atoms with van der Waals surface area (Å²) in [5, 5.41) is 4.39. The Bertz CT molecular complexity index is 669. The molecule has 0 bridgehead atoms. The molecule has 2 aromatic rings. The van der Waals surface area contributed by atoms with Crippen molar-refractivity contribution in [2.45, 2.75) is 0 Å². The molecule has 0 spiro atoms. The largest absolute Gasteiger partial charge is 0.465 e. The number of rotatable bonds is 3. The first-order valence-corrected chi connectivity index (χ1v) is 7.22. The average Bonchev–Trinajstić information content (AvgIpc) is 2.89. The second kappa shape index (κ2) is 6.06. The zero-order chi connectivity index (χ0) is 14.7. The summed E-state index contributed by atoms with van der Waals surface area (Å²) in [7, 11) is 1.30. The number of hydrogen-bond donors (Lipinski definition) is 2. The number of amides is 1. The van der Waals surface area contributed by atoms with Crippen molar-refractivity contribution < 1.29 is 14.3 Å². The maximum atomic E-state index is 12.1. The molecule has 5 nitrogen and oxygen atoms in total. The van der Waals surface area contributed by atoms with Crippen molar-refractivity contribution in [3.8, 4) is 0 Å². The van der Waals surface area contributed by atoms with E-state index < -0.39 is 5.97 Å². The smallest absolute Gasteiger partial charge is 0.350 e. The van der Waals surface area contributed by atoms with Crippen LogP contribution in [0, 0.1) is 0 Å². The Hall–Kier alpha value is -1.86. The van der Waals surface area contributed by atoms with Gasteiger partial charge < -0.3 is 15.8 Å². The van der Waals surface area contributed by atoms with Crippen molar-refractivity contribution in [2.24, 2.45) is 0 Å². The van der Waals surface area contributed by atoms with Crippen LogP contribution in [-0.2, 0) is 4.74 Å². The summed E-state index contributed by atoms with van der Waals surface area (Å²) in [4.78, 5) is 24.0. The van der Waals surface area contributed by atoms with Gasteiger partial charge in [0.2, 0.25) is 0 Å². The monoisotopic (exact) mass is 354 g/mol. The van der Waals surface area contributed by atoms with Gasteiger partial charge in [-0.25, -0.2) is 4.79 Å². The number of methoxy groups -OCH3 is 1. The van der Waals surface area contributed by atoms with Crippen LogP contribution in [0.15, 0.2) is 34.1 Å². The Morgan fingerprint density at radius 3 is 2.75 bits per heavy atom. The minimum Gasteiger partial charge on any atom is -0.465 e. The van der Waals surface area contributed by atoms with Gasteiger partial charge in [-0.1, -0.05) is 0 Å². The normalized spacial score (nSPS) is 10.1. The van der Waals surface area contributed by atoms with Gasteiger partial charge in [-0.3, -0.25) is 4.79 Å². The molecule has 0 aliphatic rings. The highest BCUT2D eigenvalue weighted by Gasteiger charge is 2.16. The van der Waals surface area contributed by atoms with Gasteiger partial charge in [0.15, 0.2) is 0 Å². The van der Waals surface area contributed by atoms with E-state index >= 15 is 0 Å². The van der Waals surface area contributed by atoms with Gasteiger partial charge >= 0.3 is 5.97 Å². The third-order valence-corrected chi connectivity index (χ3v) is 4.13. The Balaban J connectivity index is 2.22. The summed E-state index contributed by atoms with van der Waals surface area (Å²) in [6.45, 7) is 0. The molecule has 104 valence electrons. The average molecular weight is 355 g/mol. The molecule has 0 atom stereocenters. The zero-order valence-corrected chi connectivity index (χ0v) is 12.9. The molecular weight excluding hydrogens is 344 g/mol. The number of hydrogen-bond acceptors (Lipinski definition) is 5. The van der Waals surface area contributed by atoms with E-state index in [-0.39, 0.29) is 5.91 Å². The lowest BCUT2D eigenvalue weighted by atomic mass is 10.2. The number of thiophene rings is 1. The third kappa shape index (κ3) is 3.00. The van der Waals surface area contributed by atoms with Gasteiger partial charge in [0.05, 0.1) is 12.8 Å². The number of halogens is 1. The van der Waals surface area contributed by atoms with Crippen LogP contribution in [0.2, 0.25) is 0 Å². The first-order valence-electron chi connectivity index (χ1n) is 5.55. The molecule has 0 fully saturated rings. The zero-order valence-electron chi connectivity index (χ0n) is 10.5. The van der Waals surface area contributed by atoms with Crippen molar-refractivity contribution in [3.05, 3.63) is 44.6 Å². The maximum Gasteiger partial charge on any atom is 0.350 e. The van der Waals surface area contributed by atoms with E-state index in [1.807, 2.05) is 0 Å². The lowest BCUT2D eigenvalue weighted by Crippen LogP contribution is -2.14. The maximum absolute atomic E-state index is 12.1. The molecule has 0 saturated carbocycles. The minimum absolute atomic E-state index is 0.325. The molecule has 2 rings (SSSR count). The summed E-state index contributed by atoms with van der Waals surface area (Å²) in [5.74, 6) is -0.803. The van der Waals surface area contributed by atoms with Crippen LogP contribution in [0.25, 0.3) is 0 Å². The van der Waals surface area contributed by atoms with E-state index in [2.05, 4.69) is 26.0 Å². The van der Waals surface area contributed by atoms with Gasteiger partial charge in [-0.05, 0) is 45.6 Å². The molecular formula is C13H11BrN2O3S. The molecule has 20 heavy (non-hydrogen) atoms. The first-order chi connectivity index (χ1) is 9.52. The molecule has 3 N–H and O–H groups in total. The molecule has 7 heteroatoms. The molecule has 0 unspecified atom stereocenters. The Labute approximate surface area is 127 Å². The first kappa shape index (κ1) is 14.5. The van der Waals surface area contributed by atoms with Gasteiger partial charge in [0.1, 0.15) is 4.88 Å². The number of carbonyl (C=O) groups is 2. The second-order valence-corrected chi connectivity index (χ2v) is 5.62. The van der Waals surface area contributed by atoms with E-state index in [1.54, 1.807) is 29.6 Å². The van der Waals surface area contributed by atoms with Crippen molar-refractivity contribution in [1.82, 2.24) is 0 Å². The van der Waals surface area contributed by atoms with Crippen LogP contribution in [0.5, 0.6) is 0 Å². The highest BCUT2D eigenvalue weighted by atomic mass is 79.9. The van der Waals surface area contributed by atoms with Crippen LogP contribution in [0.3, 0.4) is 0 Å². The number of nitrogens with two attached hydrogens (primary N) is 1. The molecule has 0 aliphatic carbocycles. The number of benzene rings is 1. The standard InChI is InChI=1S/C13H11BrN2O3S/c1-19-13(18)11-10(4-5-20-11)16-12(17)7-2-3-9(15)8(14)6-7/h2-6H,15H2,1H3,(H,16,17). The van der Waals surface area contributed by atoms with Crippen molar-refractivity contribution in [1.29, 1.82) is 0 Å². The van der Waals surface area contributed by atoms with Crippen molar-refractivity contribution >= 4 is 50.5 Å². The lowest BCUT2D eigenvalue weighted by Gasteiger charge is -2.07. The van der Waals surface area contributed by atoms with E-state index in [1.165, 1.54) is 18.4 Å². The van der Waals surface area contributed by atoms with Crippen molar-refractivity contribution in [2.75, 3.05) is 18.2 Å². The molecule has 1 amide bonds. The SMILES string of the molecule is COC(=O)c1sccc1NC(=O)c1ccc(N)c(Br)c1. The second-order valence-electron chi connectivity index (χ2n) is 3.85. The summed E-state index contributed by atoms with van der Waals surface area (Å²) in [6, 6.07) is 6.52. The lowest BCUT2D eigenvalue weighted by molar-refractivity contribution is 0.0607. The molecule has 1 heterocycles. The molecule has 1 aromatic carbocycles. The topological polar surface area (TPSA) is 81.4 Å². The van der Waals surface area contributed by atoms with Gasteiger partial charge in [-0.15, -0.1) is 11.3 Å². The Morgan fingerprint density at radius 1 is 1.35 bits per heavy atom. The molecule has 0 radical (unpaired) electrons. The molecule has 1 aromatic heterocycles. The third-order valence-electron chi connectivity index (χ3n) is 2.55. The van der Waals surface area contributed by atoms with Crippen molar-refractivity contribution in [3.63, 3.8) is 0 Å². The van der Waals surface area contributed by atoms with E-state index in [0.717, 1.165) is 0 Å². The van der Waals surface area contributed by atoms with E-state index in [9.17, 15) is 9.59 Å². The molecule has 0 saturated heterocycles. The number of esters is 1. The number of nitrogens with one attached hydrogen (secondary N) is 1. The quantitative estimate of drug-likeness (QED) is 0.655. The predicted octanol–water partition coefficient (Wildman–Crippen LogP) is 3.13. The van der Waals surface area contributed by atoms with Crippen LogP contribution in [0.1, 0.15) is 20.0 Å². The number of carbonyl (C=O) groups excluding carboxylic acids is 2. The van der Waals surface area contributed by atoms with E-state index in [4.69, 9.17) is 5.73 Å². The van der Waals surface area contributed by atoms with Gasteiger partial charge in [-0.2, -0.15) is 0 Å². The fraction of sp³-hybridized carbons (Fsp3) is 0.0769. The highest BCUT2D eigenvalue weighted by Crippen LogP contribution is 2.25. The van der Waals surface area contributed by atoms with Gasteiger partial charge in [0, 0.05) is 15.7 Å². The fourth-order valence-electron chi connectivity index (χ4n) is 1.52. The number of anilines is 2. The van der Waals surface area contributed by atoms with Crippen LogP contribution in [0.4, 0.5) is 11.4 Å². The Kier molecular flexibility index (Phi) is 4.41. The predicted molar refractivity (Wildman–Crippen MR) is 82.2 cm³/mol. The van der Waals surface area contributed by atoms with Crippen LogP contribution >= 0.6 is 27.3 Å². The van der Waals surface area contributed by atoms with Gasteiger partial charge in [0.25, 0.3) is 5.91 Å². The summed E-state index contributed by atoms with van der Waals surface area (Å²) in [5.41, 5.74) is 7.09. The minimum atomic E-state index is -0.478. The number of nitrogen functional groups attached to an aromatic ring is 1. The summed E-state index contributed by atoms with van der Waals surface area (Å²) in [6.07, 6.45) is 0. The van der Waals surface area contributed by atoms with Crippen LogP contribution in [-0.4, -0.2) is 19.0 Å². The molecule has 0 aliphatic heterocycles. The fourth-order valence-corrected chi connectivity index (χ4v) is 2.67. The van der Waals surface area contributed by atoms with Crippen LogP contribution < -0.4 is 11.1 Å². The summed E-state index contributed by atoms with van der Waals surface area (Å²) < 4.78 is 5.30. The number of ether oxygens (including phenoxy) is 1. The Morgan fingerprint density at radius 2 is 2.10 bits per heavy atom. The van der Waals surface area contributed by atoms with E-state index in [0.29, 0.717) is 26.3 Å². The highest BCUT2D eigenvalue weighted by molar-refractivity contribution is 9.10.